The van der Waals surface area contributed by atoms with E-state index in [2.05, 4.69) is 5.32 Å². The molecule has 0 spiro atoms. The summed E-state index contributed by atoms with van der Waals surface area (Å²) < 4.78 is 29.6. The standard InChI is InChI=1S/C36H38Cl3N3O4S/c1-24(2)21-40-36(44)34(19-27-8-6-5-7-9-27)41(22-28-12-13-30(38)20-32(28)39)35(43)23-42(33-17-14-29(37)18-26(33)4)47(45,46)31-15-10-25(3)11-16-31/h5-18,20,24,34H,19,21-23H2,1-4H3,(H,40,44). The lowest BCUT2D eigenvalue weighted by molar-refractivity contribution is -0.140. The molecule has 0 aliphatic carbocycles. The third-order valence-corrected chi connectivity index (χ3v) is 10.2. The van der Waals surface area contributed by atoms with E-state index in [-0.39, 0.29) is 35.4 Å². The maximum atomic E-state index is 14.6. The van der Waals surface area contributed by atoms with E-state index in [1.807, 2.05) is 51.1 Å². The van der Waals surface area contributed by atoms with Crippen molar-refractivity contribution in [3.05, 3.63) is 128 Å². The number of nitrogens with zero attached hydrogens (tertiary/aromatic N) is 2. The Balaban J connectivity index is 1.84. The van der Waals surface area contributed by atoms with Crippen LogP contribution in [0.1, 0.15) is 36.1 Å². The molecule has 1 N–H and O–H groups in total. The van der Waals surface area contributed by atoms with E-state index >= 15 is 0 Å². The van der Waals surface area contributed by atoms with Crippen molar-refractivity contribution < 1.29 is 18.0 Å². The number of benzene rings is 4. The largest absolute Gasteiger partial charge is 0.354 e. The number of nitrogens with one attached hydrogen (secondary N) is 1. The maximum absolute atomic E-state index is 14.6. The lowest BCUT2D eigenvalue weighted by atomic mass is 10.0. The number of aryl methyl sites for hydroxylation is 2. The molecule has 11 heteroatoms. The Bertz CT molecular complexity index is 1820. The zero-order valence-electron chi connectivity index (χ0n) is 26.7. The molecule has 0 bridgehead atoms. The molecule has 0 fully saturated rings. The smallest absolute Gasteiger partial charge is 0.264 e. The van der Waals surface area contributed by atoms with Crippen molar-refractivity contribution in [2.75, 3.05) is 17.4 Å². The van der Waals surface area contributed by atoms with Gasteiger partial charge in [0.1, 0.15) is 12.6 Å². The first kappa shape index (κ1) is 36.3. The van der Waals surface area contributed by atoms with Crippen LogP contribution in [0.25, 0.3) is 0 Å². The summed E-state index contributed by atoms with van der Waals surface area (Å²) in [6, 6.07) is 24.5. The van der Waals surface area contributed by atoms with Crippen LogP contribution in [0.5, 0.6) is 0 Å². The minimum Gasteiger partial charge on any atom is -0.354 e. The van der Waals surface area contributed by atoms with E-state index in [0.29, 0.717) is 32.7 Å². The van der Waals surface area contributed by atoms with Crippen LogP contribution in [-0.4, -0.2) is 44.3 Å². The average Bonchev–Trinajstić information content (AvgIpc) is 3.02. The van der Waals surface area contributed by atoms with Crippen molar-refractivity contribution in [3.8, 4) is 0 Å². The van der Waals surface area contributed by atoms with Crippen LogP contribution in [0.2, 0.25) is 15.1 Å². The molecule has 0 radical (unpaired) electrons. The first-order valence-electron chi connectivity index (χ1n) is 15.2. The topological polar surface area (TPSA) is 86.8 Å². The third-order valence-electron chi connectivity index (χ3n) is 7.63. The lowest BCUT2D eigenvalue weighted by Crippen LogP contribution is -2.53. The van der Waals surface area contributed by atoms with Gasteiger partial charge >= 0.3 is 0 Å². The minimum atomic E-state index is -4.25. The number of carbonyl (C=O) groups is 2. The molecular weight excluding hydrogens is 677 g/mol. The molecule has 2 amide bonds. The Morgan fingerprint density at radius 3 is 2.09 bits per heavy atom. The molecular formula is C36H38Cl3N3O4S. The van der Waals surface area contributed by atoms with Gasteiger partial charge < -0.3 is 10.2 Å². The fourth-order valence-corrected chi connectivity index (χ4v) is 7.23. The number of hydrogen-bond donors (Lipinski definition) is 1. The van der Waals surface area contributed by atoms with Gasteiger partial charge in [-0.25, -0.2) is 8.42 Å². The van der Waals surface area contributed by atoms with E-state index in [0.717, 1.165) is 15.4 Å². The molecule has 0 heterocycles. The molecule has 4 aromatic rings. The Labute approximate surface area is 292 Å². The van der Waals surface area contributed by atoms with E-state index in [1.165, 1.54) is 17.0 Å². The SMILES string of the molecule is Cc1ccc(S(=O)(=O)N(CC(=O)N(Cc2ccc(Cl)cc2Cl)C(Cc2ccccc2)C(=O)NCC(C)C)c2ccc(Cl)cc2C)cc1. The summed E-state index contributed by atoms with van der Waals surface area (Å²) in [5.74, 6) is -0.799. The van der Waals surface area contributed by atoms with Gasteiger partial charge in [0.05, 0.1) is 10.6 Å². The molecule has 1 atom stereocenters. The summed E-state index contributed by atoms with van der Waals surface area (Å²) in [6.07, 6.45) is 0.187. The second kappa shape index (κ2) is 16.0. The van der Waals surface area contributed by atoms with E-state index in [1.54, 1.807) is 55.5 Å². The van der Waals surface area contributed by atoms with Gasteiger partial charge in [0.2, 0.25) is 11.8 Å². The Hall–Kier alpha value is -3.56. The molecule has 47 heavy (non-hydrogen) atoms. The number of sulfonamides is 1. The molecule has 0 saturated heterocycles. The molecule has 0 saturated carbocycles. The molecule has 4 aromatic carbocycles. The van der Waals surface area contributed by atoms with Crippen molar-refractivity contribution in [2.24, 2.45) is 5.92 Å². The Morgan fingerprint density at radius 1 is 0.830 bits per heavy atom. The van der Waals surface area contributed by atoms with Gasteiger partial charge in [0, 0.05) is 34.6 Å². The van der Waals surface area contributed by atoms with Crippen molar-refractivity contribution in [1.82, 2.24) is 10.2 Å². The molecule has 0 aliphatic heterocycles. The molecule has 4 rings (SSSR count). The summed E-state index contributed by atoms with van der Waals surface area (Å²) in [6.45, 7) is 7.28. The first-order chi connectivity index (χ1) is 22.3. The quantitative estimate of drug-likeness (QED) is 0.153. The van der Waals surface area contributed by atoms with Crippen LogP contribution in [0.3, 0.4) is 0 Å². The Morgan fingerprint density at radius 2 is 1.47 bits per heavy atom. The highest BCUT2D eigenvalue weighted by Gasteiger charge is 2.35. The van der Waals surface area contributed by atoms with Crippen LogP contribution in [0.15, 0.2) is 95.9 Å². The van der Waals surface area contributed by atoms with Crippen LogP contribution in [-0.2, 0) is 32.6 Å². The number of hydrogen-bond acceptors (Lipinski definition) is 4. The van der Waals surface area contributed by atoms with Crippen molar-refractivity contribution in [1.29, 1.82) is 0 Å². The monoisotopic (exact) mass is 713 g/mol. The second-order valence-electron chi connectivity index (χ2n) is 11.9. The van der Waals surface area contributed by atoms with E-state index < -0.39 is 28.5 Å². The summed E-state index contributed by atoms with van der Waals surface area (Å²) in [4.78, 5) is 30.0. The molecule has 1 unspecified atom stereocenters. The summed E-state index contributed by atoms with van der Waals surface area (Å²) in [5.41, 5.74) is 3.11. The number of amides is 2. The number of carbonyl (C=O) groups excluding carboxylic acids is 2. The molecule has 0 aromatic heterocycles. The predicted molar refractivity (Wildman–Crippen MR) is 191 cm³/mol. The van der Waals surface area contributed by atoms with Gasteiger partial charge in [-0.2, -0.15) is 0 Å². The van der Waals surface area contributed by atoms with E-state index in [9.17, 15) is 18.0 Å². The average molecular weight is 715 g/mol. The normalized spacial score (nSPS) is 12.1. The zero-order chi connectivity index (χ0) is 34.3. The zero-order valence-corrected chi connectivity index (χ0v) is 29.8. The molecule has 7 nitrogen and oxygen atoms in total. The first-order valence-corrected chi connectivity index (χ1v) is 17.7. The fourth-order valence-electron chi connectivity index (χ4n) is 5.06. The highest BCUT2D eigenvalue weighted by atomic mass is 35.5. The van der Waals surface area contributed by atoms with Crippen LogP contribution < -0.4 is 9.62 Å². The lowest BCUT2D eigenvalue weighted by Gasteiger charge is -2.34. The highest BCUT2D eigenvalue weighted by molar-refractivity contribution is 7.92. The molecule has 0 aliphatic rings. The van der Waals surface area contributed by atoms with E-state index in [4.69, 9.17) is 34.8 Å². The second-order valence-corrected chi connectivity index (χ2v) is 15.0. The number of halogens is 3. The number of anilines is 1. The van der Waals surface area contributed by atoms with Gasteiger partial charge in [0.15, 0.2) is 0 Å². The Kier molecular flexibility index (Phi) is 12.4. The van der Waals surface area contributed by atoms with Gasteiger partial charge in [-0.1, -0.05) is 103 Å². The van der Waals surface area contributed by atoms with Gasteiger partial charge in [0.25, 0.3) is 10.0 Å². The third kappa shape index (κ3) is 9.51. The molecule has 248 valence electrons. The van der Waals surface area contributed by atoms with Gasteiger partial charge in [-0.05, 0) is 78.9 Å². The van der Waals surface area contributed by atoms with Crippen molar-refractivity contribution in [3.63, 3.8) is 0 Å². The van der Waals surface area contributed by atoms with Crippen LogP contribution >= 0.6 is 34.8 Å². The number of rotatable bonds is 13. The van der Waals surface area contributed by atoms with Crippen molar-refractivity contribution in [2.45, 2.75) is 51.6 Å². The summed E-state index contributed by atoms with van der Waals surface area (Å²) >= 11 is 19.0. The van der Waals surface area contributed by atoms with Crippen LogP contribution in [0.4, 0.5) is 5.69 Å². The summed E-state index contributed by atoms with van der Waals surface area (Å²) in [5, 5.41) is 4.13. The fraction of sp³-hybridized carbons (Fsp3) is 0.278. The maximum Gasteiger partial charge on any atom is 0.264 e. The van der Waals surface area contributed by atoms with Gasteiger partial charge in [-0.3, -0.25) is 13.9 Å². The summed E-state index contributed by atoms with van der Waals surface area (Å²) in [7, 11) is -4.25. The van der Waals surface area contributed by atoms with Gasteiger partial charge in [-0.15, -0.1) is 0 Å². The van der Waals surface area contributed by atoms with Crippen LogP contribution in [0, 0.1) is 19.8 Å². The highest BCUT2D eigenvalue weighted by Crippen LogP contribution is 2.30. The van der Waals surface area contributed by atoms with Crippen molar-refractivity contribution >= 4 is 62.3 Å². The minimum absolute atomic E-state index is 0.0213. The predicted octanol–water partition coefficient (Wildman–Crippen LogP) is 7.87.